The topological polar surface area (TPSA) is 279 Å². The van der Waals surface area contributed by atoms with Crippen LogP contribution in [0.25, 0.3) is 0 Å². The van der Waals surface area contributed by atoms with Crippen LogP contribution in [0.1, 0.15) is 91.9 Å². The fourth-order valence-electron chi connectivity index (χ4n) is 13.7. The summed E-state index contributed by atoms with van der Waals surface area (Å²) in [7, 11) is 1.40. The number of carbonyl (C=O) groups is 2. The molecule has 0 amide bonds. The second-order valence-electron chi connectivity index (χ2n) is 20.3. The van der Waals surface area contributed by atoms with Gasteiger partial charge in [0.25, 0.3) is 0 Å². The van der Waals surface area contributed by atoms with Crippen LogP contribution in [0.3, 0.4) is 0 Å². The second-order valence-corrected chi connectivity index (χ2v) is 20.3. The Bertz CT molecular complexity index is 1620. The molecule has 4 aliphatic heterocycles. The van der Waals surface area contributed by atoms with E-state index < -0.39 is 117 Å². The standard InChI is InChI=1S/C44H70O19/c1-19-36(63-40-35(53)33(51)31(49)28(62-40)18-57-39-34(52)32(50)30(48)27(16-45)61-39)37(55-5)38(59-20(2)46)41(58-19)60-23-8-11-42(3)22(15-23)6-7-26-25(42)9-12-43(4)24(10-13-44(26,43)54)21-14-29(47)56-17-21/h19,21-28,30-41,45,48-54H,6-18H2,1-5H3/t19-,21+,22+,23-,24+,25-,26+,27+,28+,30+,31+,32-,33-,34+,35+,36-,37+,38+,39+,40-,41-,42-,43+,44-/m0/s1. The summed E-state index contributed by atoms with van der Waals surface area (Å²) < 4.78 is 53.3. The van der Waals surface area contributed by atoms with Gasteiger partial charge in [0.1, 0.15) is 61.0 Å². The maximum Gasteiger partial charge on any atom is 0.306 e. The Balaban J connectivity index is 0.912. The third-order valence-corrected chi connectivity index (χ3v) is 17.2. The fraction of sp³-hybridized carbons (Fsp3) is 0.955. The molecule has 4 heterocycles. The van der Waals surface area contributed by atoms with Gasteiger partial charge in [0.05, 0.1) is 44.1 Å². The zero-order valence-corrected chi connectivity index (χ0v) is 36.9. The van der Waals surface area contributed by atoms with Gasteiger partial charge in [-0.2, -0.15) is 0 Å². The van der Waals surface area contributed by atoms with Crippen molar-refractivity contribution in [2.24, 2.45) is 40.4 Å². The first-order chi connectivity index (χ1) is 29.8. The Kier molecular flexibility index (Phi) is 14.0. The highest BCUT2D eigenvalue weighted by Gasteiger charge is 2.68. The van der Waals surface area contributed by atoms with Gasteiger partial charge in [-0.15, -0.1) is 0 Å². The molecular formula is C44H70O19. The van der Waals surface area contributed by atoms with Gasteiger partial charge >= 0.3 is 11.9 Å². The van der Waals surface area contributed by atoms with Crippen LogP contribution in [0.15, 0.2) is 0 Å². The number of aliphatic hydroxyl groups is 8. The van der Waals surface area contributed by atoms with E-state index in [0.717, 1.165) is 57.8 Å². The molecule has 63 heavy (non-hydrogen) atoms. The van der Waals surface area contributed by atoms with E-state index in [0.29, 0.717) is 24.9 Å². The number of fused-ring (bicyclic) bond motifs is 5. The highest BCUT2D eigenvalue weighted by Crippen LogP contribution is 2.70. The van der Waals surface area contributed by atoms with Crippen molar-refractivity contribution in [3.05, 3.63) is 0 Å². The molecule has 4 aliphatic carbocycles. The van der Waals surface area contributed by atoms with Gasteiger partial charge in [-0.1, -0.05) is 13.8 Å². The lowest BCUT2D eigenvalue weighted by molar-refractivity contribution is -0.367. The van der Waals surface area contributed by atoms with Gasteiger partial charge in [0.15, 0.2) is 25.0 Å². The van der Waals surface area contributed by atoms with E-state index in [-0.39, 0.29) is 40.7 Å². The minimum Gasteiger partial charge on any atom is -0.465 e. The number of hydrogen-bond acceptors (Lipinski definition) is 19. The lowest BCUT2D eigenvalue weighted by Gasteiger charge is -2.64. The van der Waals surface area contributed by atoms with Crippen LogP contribution in [0.4, 0.5) is 0 Å². The summed E-state index contributed by atoms with van der Waals surface area (Å²) in [5.41, 5.74) is -1.05. The first kappa shape index (κ1) is 47.8. The maximum absolute atomic E-state index is 12.7. The lowest BCUT2D eigenvalue weighted by atomic mass is 9.43. The predicted molar refractivity (Wildman–Crippen MR) is 213 cm³/mol. The molecule has 0 unspecified atom stereocenters. The van der Waals surface area contributed by atoms with E-state index in [4.69, 9.17) is 42.6 Å². The molecule has 8 fully saturated rings. The molecule has 0 aromatic heterocycles. The number of rotatable bonds is 11. The lowest BCUT2D eigenvalue weighted by Crippen LogP contribution is -2.65. The van der Waals surface area contributed by atoms with Gasteiger partial charge < -0.3 is 83.5 Å². The van der Waals surface area contributed by atoms with Crippen molar-refractivity contribution in [1.29, 1.82) is 0 Å². The average molecular weight is 903 g/mol. The minimum atomic E-state index is -1.80. The number of ether oxygens (including phenoxy) is 9. The monoisotopic (exact) mass is 902 g/mol. The zero-order chi connectivity index (χ0) is 45.3. The molecule has 8 N–H and O–H groups in total. The van der Waals surface area contributed by atoms with E-state index in [1.807, 2.05) is 0 Å². The van der Waals surface area contributed by atoms with Crippen LogP contribution in [-0.2, 0) is 52.2 Å². The summed E-state index contributed by atoms with van der Waals surface area (Å²) >= 11 is 0. The van der Waals surface area contributed by atoms with Crippen LogP contribution in [-0.4, -0.2) is 184 Å². The first-order valence-corrected chi connectivity index (χ1v) is 23.0. The fourth-order valence-corrected chi connectivity index (χ4v) is 13.7. The zero-order valence-electron chi connectivity index (χ0n) is 36.9. The number of esters is 2. The molecule has 19 heteroatoms. The highest BCUT2D eigenvalue weighted by molar-refractivity contribution is 5.71. The van der Waals surface area contributed by atoms with E-state index in [9.17, 15) is 50.4 Å². The highest BCUT2D eigenvalue weighted by atomic mass is 16.8. The summed E-state index contributed by atoms with van der Waals surface area (Å²) in [5.74, 6) is 0.522. The predicted octanol–water partition coefficient (Wildman–Crippen LogP) is -0.591. The van der Waals surface area contributed by atoms with E-state index in [1.54, 1.807) is 6.92 Å². The second kappa shape index (κ2) is 18.4. The third-order valence-electron chi connectivity index (χ3n) is 17.2. The Morgan fingerprint density at radius 3 is 2.10 bits per heavy atom. The van der Waals surface area contributed by atoms with Gasteiger partial charge in [0, 0.05) is 20.0 Å². The molecule has 24 atom stereocenters. The summed E-state index contributed by atoms with van der Waals surface area (Å²) in [6.45, 7) is 6.82. The van der Waals surface area contributed by atoms with E-state index >= 15 is 0 Å². The van der Waals surface area contributed by atoms with E-state index in [1.165, 1.54) is 14.0 Å². The van der Waals surface area contributed by atoms with Crippen LogP contribution >= 0.6 is 0 Å². The summed E-state index contributed by atoms with van der Waals surface area (Å²) in [4.78, 5) is 24.7. The molecule has 360 valence electrons. The van der Waals surface area contributed by atoms with Gasteiger partial charge in [-0.05, 0) is 99.2 Å². The quantitative estimate of drug-likeness (QED) is 0.0951. The molecule has 8 aliphatic rings. The van der Waals surface area contributed by atoms with Gasteiger partial charge in [-0.25, -0.2) is 0 Å². The molecule has 4 saturated heterocycles. The van der Waals surface area contributed by atoms with Crippen LogP contribution in [0, 0.1) is 40.4 Å². The molecular weight excluding hydrogens is 832 g/mol. The Hall–Kier alpha value is -1.66. The van der Waals surface area contributed by atoms with E-state index in [2.05, 4.69) is 13.8 Å². The van der Waals surface area contributed by atoms with Crippen molar-refractivity contribution in [3.63, 3.8) is 0 Å². The summed E-state index contributed by atoms with van der Waals surface area (Å²) in [6, 6.07) is 0. The van der Waals surface area contributed by atoms with Crippen LogP contribution in [0.5, 0.6) is 0 Å². The van der Waals surface area contributed by atoms with Crippen molar-refractivity contribution in [2.45, 2.75) is 196 Å². The third kappa shape index (κ3) is 8.40. The van der Waals surface area contributed by atoms with Gasteiger partial charge in [0.2, 0.25) is 0 Å². The normalized spacial score (nSPS) is 53.5. The minimum absolute atomic E-state index is 0.00886. The average Bonchev–Trinajstić information content (AvgIpc) is 3.80. The number of methoxy groups -OCH3 is 1. The molecule has 0 aromatic rings. The molecule has 8 rings (SSSR count). The van der Waals surface area contributed by atoms with Crippen molar-refractivity contribution < 1.29 is 93.1 Å². The number of aliphatic hydroxyl groups excluding tert-OH is 7. The van der Waals surface area contributed by atoms with Crippen LogP contribution < -0.4 is 0 Å². The van der Waals surface area contributed by atoms with Crippen LogP contribution in [0.2, 0.25) is 0 Å². The van der Waals surface area contributed by atoms with Gasteiger partial charge in [-0.3, -0.25) is 9.59 Å². The molecule has 0 aromatic carbocycles. The van der Waals surface area contributed by atoms with Crippen molar-refractivity contribution in [1.82, 2.24) is 0 Å². The number of carbonyl (C=O) groups excluding carboxylic acids is 2. The van der Waals surface area contributed by atoms with Crippen molar-refractivity contribution >= 4 is 11.9 Å². The first-order valence-electron chi connectivity index (χ1n) is 23.0. The molecule has 0 spiro atoms. The summed E-state index contributed by atoms with van der Waals surface area (Å²) in [5, 5.41) is 85.6. The molecule has 0 radical (unpaired) electrons. The Labute approximate surface area is 367 Å². The Morgan fingerprint density at radius 2 is 1.43 bits per heavy atom. The largest absolute Gasteiger partial charge is 0.465 e. The number of cyclic esters (lactones) is 1. The van der Waals surface area contributed by atoms with Crippen molar-refractivity contribution in [2.75, 3.05) is 26.9 Å². The Morgan fingerprint density at radius 1 is 0.746 bits per heavy atom. The molecule has 19 nitrogen and oxygen atoms in total. The van der Waals surface area contributed by atoms with Crippen molar-refractivity contribution in [3.8, 4) is 0 Å². The molecule has 0 bridgehead atoms. The number of hydrogen-bond donors (Lipinski definition) is 8. The maximum atomic E-state index is 12.7. The summed E-state index contributed by atoms with van der Waals surface area (Å²) in [6.07, 6.45) is -13.2. The smallest absolute Gasteiger partial charge is 0.306 e. The molecule has 4 saturated carbocycles. The SMILES string of the molecule is CO[C@@H]1[C@@H](O[C@@H]2O[C@H](CO[C@@H]3O[C@H](CO)[C@@H](O)[C@H](O)[C@H]3O)[C@@H](O)[C@H](O)[C@H]2O)[C@H](C)O[C@@H](O[C@H]2CC[C@@]3(C)[C@H](CC[C@@H]4[C@@H]3CC[C@]3(C)[C@@H]([C@H]5COC(=O)C5)CC[C@]43O)C2)[C@@H]1OC(C)=O.